The fraction of sp³-hybridized carbons (Fsp3) is 0.143. The molecule has 18 heavy (non-hydrogen) atoms. The minimum atomic E-state index is 0.487. The Morgan fingerprint density at radius 3 is 2.33 bits per heavy atom. The highest BCUT2D eigenvalue weighted by molar-refractivity contribution is 6.33. The Balaban J connectivity index is 2.34. The number of ether oxygens (including phenoxy) is 1. The van der Waals surface area contributed by atoms with Crippen molar-refractivity contribution in [3.05, 3.63) is 51.5 Å². The summed E-state index contributed by atoms with van der Waals surface area (Å²) in [7, 11) is 0. The molecule has 0 aliphatic heterocycles. The number of nitrogen functional groups attached to an aromatic ring is 1. The lowest BCUT2D eigenvalue weighted by Gasteiger charge is -2.11. The van der Waals surface area contributed by atoms with Crippen molar-refractivity contribution in [1.82, 2.24) is 0 Å². The van der Waals surface area contributed by atoms with Crippen LogP contribution in [-0.4, -0.2) is 0 Å². The van der Waals surface area contributed by atoms with E-state index in [9.17, 15) is 0 Å². The molecule has 4 heteroatoms. The normalized spacial score (nSPS) is 10.4. The molecular weight excluding hydrogens is 269 g/mol. The Hall–Kier alpha value is -1.38. The first-order valence-corrected chi connectivity index (χ1v) is 6.22. The van der Waals surface area contributed by atoms with Crippen LogP contribution in [0.25, 0.3) is 0 Å². The van der Waals surface area contributed by atoms with Crippen molar-refractivity contribution in [2.24, 2.45) is 0 Å². The molecule has 0 aliphatic carbocycles. The van der Waals surface area contributed by atoms with Crippen LogP contribution in [0, 0.1) is 13.8 Å². The fourth-order valence-corrected chi connectivity index (χ4v) is 1.87. The molecule has 0 saturated carbocycles. The summed E-state index contributed by atoms with van der Waals surface area (Å²) in [6.45, 7) is 3.85. The highest BCUT2D eigenvalue weighted by Gasteiger charge is 2.06. The summed E-state index contributed by atoms with van der Waals surface area (Å²) in [5.41, 5.74) is 8.17. The van der Waals surface area contributed by atoms with Crippen LogP contribution in [0.1, 0.15) is 11.1 Å². The molecule has 2 nitrogen and oxygen atoms in total. The molecule has 0 fully saturated rings. The van der Waals surface area contributed by atoms with Crippen molar-refractivity contribution in [3.63, 3.8) is 0 Å². The molecule has 0 bridgehead atoms. The van der Waals surface area contributed by atoms with Crippen molar-refractivity contribution in [3.8, 4) is 11.5 Å². The van der Waals surface area contributed by atoms with Gasteiger partial charge in [-0.2, -0.15) is 0 Å². The van der Waals surface area contributed by atoms with E-state index < -0.39 is 0 Å². The van der Waals surface area contributed by atoms with Gasteiger partial charge in [-0.15, -0.1) is 0 Å². The van der Waals surface area contributed by atoms with E-state index in [2.05, 4.69) is 0 Å². The fourth-order valence-electron chi connectivity index (χ4n) is 1.60. The summed E-state index contributed by atoms with van der Waals surface area (Å²) >= 11 is 12.0. The monoisotopic (exact) mass is 281 g/mol. The predicted octanol–water partition coefficient (Wildman–Crippen LogP) is 4.98. The number of nitrogens with two attached hydrogens (primary N) is 1. The summed E-state index contributed by atoms with van der Waals surface area (Å²) < 4.78 is 5.78. The van der Waals surface area contributed by atoms with Gasteiger partial charge < -0.3 is 10.5 Å². The van der Waals surface area contributed by atoms with Gasteiger partial charge in [-0.25, -0.2) is 0 Å². The van der Waals surface area contributed by atoms with Crippen LogP contribution in [0.2, 0.25) is 10.0 Å². The molecule has 0 radical (unpaired) electrons. The third kappa shape index (κ3) is 2.71. The molecular formula is C14H13Cl2NO. The summed E-state index contributed by atoms with van der Waals surface area (Å²) in [4.78, 5) is 0. The summed E-state index contributed by atoms with van der Waals surface area (Å²) in [5.74, 6) is 1.41. The van der Waals surface area contributed by atoms with Crippen molar-refractivity contribution >= 4 is 28.9 Å². The zero-order valence-electron chi connectivity index (χ0n) is 10.1. The smallest absolute Gasteiger partial charge is 0.131 e. The largest absolute Gasteiger partial charge is 0.457 e. The molecule has 0 aromatic heterocycles. The number of hydrogen-bond donors (Lipinski definition) is 1. The van der Waals surface area contributed by atoms with Crippen LogP contribution in [0.3, 0.4) is 0 Å². The van der Waals surface area contributed by atoms with Crippen LogP contribution in [0.5, 0.6) is 11.5 Å². The molecule has 0 amide bonds. The van der Waals surface area contributed by atoms with E-state index in [1.165, 1.54) is 0 Å². The average Bonchev–Trinajstić information content (AvgIpc) is 2.31. The van der Waals surface area contributed by atoms with E-state index in [0.29, 0.717) is 16.5 Å². The first-order chi connectivity index (χ1) is 8.47. The Morgan fingerprint density at radius 1 is 0.944 bits per heavy atom. The Labute approximate surface area is 116 Å². The van der Waals surface area contributed by atoms with Gasteiger partial charge in [0.05, 0.1) is 10.7 Å². The predicted molar refractivity (Wildman–Crippen MR) is 76.9 cm³/mol. The first-order valence-electron chi connectivity index (χ1n) is 5.47. The van der Waals surface area contributed by atoms with Crippen molar-refractivity contribution in [2.75, 3.05) is 5.73 Å². The van der Waals surface area contributed by atoms with E-state index in [1.807, 2.05) is 26.0 Å². The number of anilines is 1. The van der Waals surface area contributed by atoms with Gasteiger partial charge in [-0.1, -0.05) is 23.2 Å². The lowest BCUT2D eigenvalue weighted by molar-refractivity contribution is 0.478. The van der Waals surface area contributed by atoms with Gasteiger partial charge >= 0.3 is 0 Å². The molecule has 0 atom stereocenters. The summed E-state index contributed by atoms with van der Waals surface area (Å²) in [6.07, 6.45) is 0. The molecule has 0 heterocycles. The van der Waals surface area contributed by atoms with E-state index in [4.69, 9.17) is 33.7 Å². The second-order valence-electron chi connectivity index (χ2n) is 4.15. The lowest BCUT2D eigenvalue weighted by Crippen LogP contribution is -1.92. The van der Waals surface area contributed by atoms with Gasteiger partial charge in [-0.05, 0) is 49.2 Å². The molecule has 2 aromatic rings. The highest BCUT2D eigenvalue weighted by atomic mass is 35.5. The van der Waals surface area contributed by atoms with Crippen LogP contribution in [0.4, 0.5) is 5.69 Å². The maximum absolute atomic E-state index is 5.98. The average molecular weight is 282 g/mol. The van der Waals surface area contributed by atoms with Crippen LogP contribution < -0.4 is 10.5 Å². The molecule has 0 aliphatic rings. The Kier molecular flexibility index (Phi) is 3.69. The second kappa shape index (κ2) is 5.09. The zero-order chi connectivity index (χ0) is 13.3. The minimum absolute atomic E-state index is 0.487. The van der Waals surface area contributed by atoms with Gasteiger partial charge in [0.2, 0.25) is 0 Å². The summed E-state index contributed by atoms with van der Waals surface area (Å²) in [5, 5.41) is 1.20. The number of aryl methyl sites for hydroxylation is 2. The van der Waals surface area contributed by atoms with Gasteiger partial charge in [0.1, 0.15) is 11.5 Å². The van der Waals surface area contributed by atoms with E-state index in [-0.39, 0.29) is 0 Å². The standard InChI is InChI=1S/C14H13Cl2NO/c1-8-5-10(3-4-11(8)15)18-14-7-12(16)13(17)6-9(14)2/h3-7H,17H2,1-2H3. The van der Waals surface area contributed by atoms with Gasteiger partial charge in [0, 0.05) is 11.1 Å². The van der Waals surface area contributed by atoms with Crippen molar-refractivity contribution < 1.29 is 4.74 Å². The number of halogens is 2. The molecule has 2 aromatic carbocycles. The van der Waals surface area contributed by atoms with Crippen molar-refractivity contribution in [2.45, 2.75) is 13.8 Å². The van der Waals surface area contributed by atoms with Gasteiger partial charge in [-0.3, -0.25) is 0 Å². The van der Waals surface area contributed by atoms with E-state index in [0.717, 1.165) is 21.9 Å². The number of rotatable bonds is 2. The molecule has 94 valence electrons. The third-order valence-electron chi connectivity index (χ3n) is 2.65. The Morgan fingerprint density at radius 2 is 1.67 bits per heavy atom. The zero-order valence-corrected chi connectivity index (χ0v) is 11.6. The molecule has 2 rings (SSSR count). The van der Waals surface area contributed by atoms with Gasteiger partial charge in [0.15, 0.2) is 0 Å². The molecule has 0 unspecified atom stereocenters. The molecule has 0 saturated heterocycles. The quantitative estimate of drug-likeness (QED) is 0.788. The number of benzene rings is 2. The van der Waals surface area contributed by atoms with Gasteiger partial charge in [0.25, 0.3) is 0 Å². The molecule has 0 spiro atoms. The van der Waals surface area contributed by atoms with E-state index >= 15 is 0 Å². The highest BCUT2D eigenvalue weighted by Crippen LogP contribution is 2.32. The van der Waals surface area contributed by atoms with Crippen molar-refractivity contribution in [1.29, 1.82) is 0 Å². The second-order valence-corrected chi connectivity index (χ2v) is 4.97. The molecule has 2 N–H and O–H groups in total. The minimum Gasteiger partial charge on any atom is -0.457 e. The maximum Gasteiger partial charge on any atom is 0.131 e. The van der Waals surface area contributed by atoms with Crippen LogP contribution in [0.15, 0.2) is 30.3 Å². The Bertz CT molecular complexity index is 597. The first kappa shape index (κ1) is 13.1. The maximum atomic E-state index is 5.98. The van der Waals surface area contributed by atoms with Crippen LogP contribution >= 0.6 is 23.2 Å². The summed E-state index contributed by atoms with van der Waals surface area (Å²) in [6, 6.07) is 9.02. The third-order valence-corrected chi connectivity index (χ3v) is 3.40. The van der Waals surface area contributed by atoms with Crippen LogP contribution in [-0.2, 0) is 0 Å². The SMILES string of the molecule is Cc1cc(Oc2cc(Cl)c(N)cc2C)ccc1Cl. The lowest BCUT2D eigenvalue weighted by atomic mass is 10.2. The number of hydrogen-bond acceptors (Lipinski definition) is 2. The topological polar surface area (TPSA) is 35.2 Å². The van der Waals surface area contributed by atoms with E-state index in [1.54, 1.807) is 18.2 Å².